The number of nitriles is 1. The van der Waals surface area contributed by atoms with Gasteiger partial charge in [-0.2, -0.15) is 10.4 Å². The zero-order valence-electron chi connectivity index (χ0n) is 20.5. The van der Waals surface area contributed by atoms with E-state index in [1.807, 2.05) is 40.0 Å². The Bertz CT molecular complexity index is 1540. The molecular weight excluding hydrogens is 462 g/mol. The van der Waals surface area contributed by atoms with E-state index in [1.165, 1.54) is 24.1 Å². The summed E-state index contributed by atoms with van der Waals surface area (Å²) in [4.78, 5) is 30.3. The quantitative estimate of drug-likeness (QED) is 0.421. The predicted octanol–water partition coefficient (Wildman–Crippen LogP) is 2.88. The van der Waals surface area contributed by atoms with Crippen LogP contribution in [0, 0.1) is 25.2 Å². The number of nitrogens with one attached hydrogen (secondary N) is 1. The standard InChI is InChI=1S/C25H25N7O4/c1-13(19(18-9-7-6-8-16(18)10-26)20-14(2)30-32(5)15(20)3)23-29-21(22(33)25(35)31(23)4)24(34)28-17-11-27-36-12-17/h6-9,11-13,19,33H,1-5H3,(H,28,34)/t13-,19-/m0/s1. The summed E-state index contributed by atoms with van der Waals surface area (Å²) in [6, 6.07) is 9.48. The number of hydrogen-bond donors (Lipinski definition) is 2. The van der Waals surface area contributed by atoms with Crippen molar-refractivity contribution >= 4 is 11.6 Å². The van der Waals surface area contributed by atoms with Crippen molar-refractivity contribution in [2.24, 2.45) is 14.1 Å². The molecule has 2 atom stereocenters. The van der Waals surface area contributed by atoms with Gasteiger partial charge in [0.15, 0.2) is 5.69 Å². The van der Waals surface area contributed by atoms with Crippen molar-refractivity contribution in [1.29, 1.82) is 5.26 Å². The van der Waals surface area contributed by atoms with Gasteiger partial charge in [0, 0.05) is 37.2 Å². The van der Waals surface area contributed by atoms with Crippen LogP contribution in [0.15, 0.2) is 46.0 Å². The van der Waals surface area contributed by atoms with Crippen LogP contribution in [0.3, 0.4) is 0 Å². The van der Waals surface area contributed by atoms with Crippen LogP contribution >= 0.6 is 0 Å². The molecule has 184 valence electrons. The van der Waals surface area contributed by atoms with Crippen molar-refractivity contribution in [3.63, 3.8) is 0 Å². The molecule has 0 saturated heterocycles. The third-order valence-corrected chi connectivity index (χ3v) is 6.41. The zero-order valence-corrected chi connectivity index (χ0v) is 20.5. The molecule has 0 aliphatic rings. The van der Waals surface area contributed by atoms with Gasteiger partial charge in [-0.15, -0.1) is 0 Å². The SMILES string of the molecule is Cc1nn(C)c(C)c1[C@H](c1ccccc1C#N)[C@H](C)c1nc(C(=O)Nc2cnoc2)c(O)c(=O)n1C. The average molecular weight is 488 g/mol. The molecule has 2 N–H and O–H groups in total. The van der Waals surface area contributed by atoms with Crippen LogP contribution < -0.4 is 10.9 Å². The molecule has 3 aromatic heterocycles. The van der Waals surface area contributed by atoms with Gasteiger partial charge in [-0.25, -0.2) is 4.98 Å². The van der Waals surface area contributed by atoms with Crippen molar-refractivity contribution < 1.29 is 14.4 Å². The highest BCUT2D eigenvalue weighted by molar-refractivity contribution is 6.04. The largest absolute Gasteiger partial charge is 0.501 e. The molecule has 4 rings (SSSR count). The van der Waals surface area contributed by atoms with Gasteiger partial charge in [0.1, 0.15) is 17.8 Å². The van der Waals surface area contributed by atoms with Gasteiger partial charge in [0.25, 0.3) is 11.5 Å². The van der Waals surface area contributed by atoms with Crippen molar-refractivity contribution in [2.75, 3.05) is 5.32 Å². The molecule has 0 spiro atoms. The van der Waals surface area contributed by atoms with Gasteiger partial charge in [0.05, 0.1) is 23.5 Å². The molecule has 1 amide bonds. The van der Waals surface area contributed by atoms with E-state index in [2.05, 4.69) is 26.6 Å². The fourth-order valence-corrected chi connectivity index (χ4v) is 4.56. The van der Waals surface area contributed by atoms with Crippen molar-refractivity contribution in [3.05, 3.63) is 86.7 Å². The van der Waals surface area contributed by atoms with Crippen LogP contribution in [0.1, 0.15) is 63.2 Å². The topological polar surface area (TPSA) is 152 Å². The summed E-state index contributed by atoms with van der Waals surface area (Å²) in [5.41, 5.74) is 2.84. The van der Waals surface area contributed by atoms with Gasteiger partial charge in [-0.1, -0.05) is 30.3 Å². The fourth-order valence-electron chi connectivity index (χ4n) is 4.56. The first-order chi connectivity index (χ1) is 17.1. The Morgan fingerprint density at radius 2 is 1.97 bits per heavy atom. The molecule has 3 heterocycles. The number of benzene rings is 1. The monoisotopic (exact) mass is 487 g/mol. The minimum absolute atomic E-state index is 0.249. The third-order valence-electron chi connectivity index (χ3n) is 6.41. The van der Waals surface area contributed by atoms with Crippen LogP contribution in [0.4, 0.5) is 5.69 Å². The van der Waals surface area contributed by atoms with E-state index in [0.717, 1.165) is 22.5 Å². The Labute approximate surface area is 206 Å². The lowest BCUT2D eigenvalue weighted by Crippen LogP contribution is -2.29. The van der Waals surface area contributed by atoms with Gasteiger partial charge in [-0.3, -0.25) is 18.8 Å². The molecule has 1 aromatic carbocycles. The minimum Gasteiger partial charge on any atom is -0.501 e. The van der Waals surface area contributed by atoms with E-state index < -0.39 is 34.7 Å². The van der Waals surface area contributed by atoms with Crippen molar-refractivity contribution in [3.8, 4) is 11.8 Å². The second-order valence-electron chi connectivity index (χ2n) is 8.57. The molecule has 0 fully saturated rings. The predicted molar refractivity (Wildman–Crippen MR) is 130 cm³/mol. The summed E-state index contributed by atoms with van der Waals surface area (Å²) < 4.78 is 7.70. The number of nitrogens with zero attached hydrogens (tertiary/aromatic N) is 6. The Morgan fingerprint density at radius 3 is 2.58 bits per heavy atom. The van der Waals surface area contributed by atoms with E-state index in [9.17, 15) is 20.0 Å². The number of aryl methyl sites for hydroxylation is 2. The van der Waals surface area contributed by atoms with Gasteiger partial charge < -0.3 is 14.9 Å². The molecule has 0 radical (unpaired) electrons. The second-order valence-corrected chi connectivity index (χ2v) is 8.57. The summed E-state index contributed by atoms with van der Waals surface area (Å²) in [6.45, 7) is 5.69. The highest BCUT2D eigenvalue weighted by Crippen LogP contribution is 2.41. The first-order valence-corrected chi connectivity index (χ1v) is 11.1. The molecule has 0 saturated carbocycles. The van der Waals surface area contributed by atoms with Crippen LogP contribution in [0.2, 0.25) is 0 Å². The zero-order chi connectivity index (χ0) is 26.1. The molecule has 36 heavy (non-hydrogen) atoms. The molecular formula is C25H25N7O4. The number of carbonyl (C=O) groups is 1. The summed E-state index contributed by atoms with van der Waals surface area (Å²) >= 11 is 0. The Kier molecular flexibility index (Phi) is 6.44. The molecule has 4 aromatic rings. The van der Waals surface area contributed by atoms with Crippen LogP contribution in [-0.2, 0) is 14.1 Å². The van der Waals surface area contributed by atoms with E-state index in [0.29, 0.717) is 5.56 Å². The molecule has 11 nitrogen and oxygen atoms in total. The van der Waals surface area contributed by atoms with Crippen LogP contribution in [-0.4, -0.2) is 35.5 Å². The van der Waals surface area contributed by atoms with Crippen molar-refractivity contribution in [1.82, 2.24) is 24.5 Å². The van der Waals surface area contributed by atoms with Gasteiger partial charge in [0.2, 0.25) is 5.75 Å². The molecule has 0 bridgehead atoms. The number of carbonyl (C=O) groups excluding carboxylic acids is 1. The lowest BCUT2D eigenvalue weighted by molar-refractivity contribution is 0.101. The van der Waals surface area contributed by atoms with Gasteiger partial charge >= 0.3 is 0 Å². The number of aromatic nitrogens is 5. The van der Waals surface area contributed by atoms with E-state index in [4.69, 9.17) is 4.52 Å². The number of rotatable bonds is 6. The second kappa shape index (κ2) is 9.50. The molecule has 0 aliphatic carbocycles. The third kappa shape index (κ3) is 4.13. The van der Waals surface area contributed by atoms with Crippen LogP contribution in [0.25, 0.3) is 0 Å². The Hall–Kier alpha value is -4.72. The lowest BCUT2D eigenvalue weighted by atomic mass is 9.78. The maximum absolute atomic E-state index is 13.0. The molecule has 11 heteroatoms. The summed E-state index contributed by atoms with van der Waals surface area (Å²) in [5, 5.41) is 30.9. The first kappa shape index (κ1) is 24.4. The van der Waals surface area contributed by atoms with E-state index >= 15 is 0 Å². The highest BCUT2D eigenvalue weighted by atomic mass is 16.5. The number of hydrogen-bond acceptors (Lipinski definition) is 8. The summed E-state index contributed by atoms with van der Waals surface area (Å²) in [5.74, 6) is -2.23. The normalized spacial score (nSPS) is 12.7. The van der Waals surface area contributed by atoms with E-state index in [-0.39, 0.29) is 11.5 Å². The smallest absolute Gasteiger partial charge is 0.296 e. The minimum atomic E-state index is -0.787. The van der Waals surface area contributed by atoms with Crippen molar-refractivity contribution in [2.45, 2.75) is 32.6 Å². The molecule has 0 unspecified atom stereocenters. The number of anilines is 1. The maximum Gasteiger partial charge on any atom is 0.296 e. The van der Waals surface area contributed by atoms with Gasteiger partial charge in [-0.05, 0) is 25.5 Å². The first-order valence-electron chi connectivity index (χ1n) is 11.1. The lowest BCUT2D eigenvalue weighted by Gasteiger charge is -2.27. The maximum atomic E-state index is 13.0. The summed E-state index contributed by atoms with van der Waals surface area (Å²) in [6.07, 6.45) is 2.49. The Balaban J connectivity index is 1.92. The fraction of sp³-hybridized carbons (Fsp3) is 0.280. The highest BCUT2D eigenvalue weighted by Gasteiger charge is 2.33. The Morgan fingerprint density at radius 1 is 1.25 bits per heavy atom. The molecule has 0 aliphatic heterocycles. The number of amides is 1. The van der Waals surface area contributed by atoms with E-state index in [1.54, 1.807) is 16.8 Å². The summed E-state index contributed by atoms with van der Waals surface area (Å²) in [7, 11) is 3.32. The average Bonchev–Trinajstić information content (AvgIpc) is 3.46. The van der Waals surface area contributed by atoms with Crippen LogP contribution in [0.5, 0.6) is 5.75 Å². The number of aromatic hydroxyl groups is 1.